The molecule has 0 aliphatic heterocycles. The molecular formula is C21H27N3O3. The van der Waals surface area contributed by atoms with Gasteiger partial charge in [0.15, 0.2) is 0 Å². The minimum absolute atomic E-state index is 0.0959. The fraction of sp³-hybridized carbons (Fsp3) is 0.333. The van der Waals surface area contributed by atoms with Gasteiger partial charge >= 0.3 is 0 Å². The van der Waals surface area contributed by atoms with Gasteiger partial charge in [0.25, 0.3) is 0 Å². The van der Waals surface area contributed by atoms with Crippen LogP contribution in [0.1, 0.15) is 20.3 Å². The quantitative estimate of drug-likeness (QED) is 0.773. The average molecular weight is 369 g/mol. The summed E-state index contributed by atoms with van der Waals surface area (Å²) in [5.41, 5.74) is 2.53. The van der Waals surface area contributed by atoms with Crippen LogP contribution in [0.15, 0.2) is 48.5 Å². The van der Waals surface area contributed by atoms with E-state index in [-0.39, 0.29) is 18.2 Å². The molecule has 0 aliphatic carbocycles. The topological polar surface area (TPSA) is 61.9 Å². The fourth-order valence-electron chi connectivity index (χ4n) is 2.64. The number of nitrogens with zero attached hydrogens (tertiary/aromatic N) is 2. The summed E-state index contributed by atoms with van der Waals surface area (Å²) in [5, 5.41) is 2.84. The Kier molecular flexibility index (Phi) is 7.23. The van der Waals surface area contributed by atoms with E-state index < -0.39 is 0 Å². The zero-order valence-corrected chi connectivity index (χ0v) is 16.4. The van der Waals surface area contributed by atoms with Crippen molar-refractivity contribution in [3.8, 4) is 5.75 Å². The molecule has 0 bridgehead atoms. The average Bonchev–Trinajstić information content (AvgIpc) is 2.64. The maximum Gasteiger partial charge on any atom is 0.226 e. The molecule has 0 aromatic heterocycles. The molecule has 0 heterocycles. The van der Waals surface area contributed by atoms with Crippen LogP contribution in [0, 0.1) is 0 Å². The SMILES string of the molecule is CCOc1ccc(NC(=O)CCN(C(C)=O)c2ccc(N(C)C)cc2)cc1. The maximum atomic E-state index is 12.2. The lowest BCUT2D eigenvalue weighted by Gasteiger charge is -2.22. The summed E-state index contributed by atoms with van der Waals surface area (Å²) < 4.78 is 5.38. The first kappa shape index (κ1) is 20.3. The summed E-state index contributed by atoms with van der Waals surface area (Å²) >= 11 is 0. The second kappa shape index (κ2) is 9.62. The first-order chi connectivity index (χ1) is 12.9. The Hall–Kier alpha value is -3.02. The van der Waals surface area contributed by atoms with Crippen molar-refractivity contribution in [3.63, 3.8) is 0 Å². The third kappa shape index (κ3) is 6.02. The van der Waals surface area contributed by atoms with Crippen LogP contribution in [0.2, 0.25) is 0 Å². The Balaban J connectivity index is 1.94. The number of hydrogen-bond acceptors (Lipinski definition) is 4. The normalized spacial score (nSPS) is 10.2. The fourth-order valence-corrected chi connectivity index (χ4v) is 2.64. The molecule has 2 aromatic rings. The van der Waals surface area contributed by atoms with E-state index in [0.29, 0.717) is 18.8 Å². The third-order valence-electron chi connectivity index (χ3n) is 4.07. The summed E-state index contributed by atoms with van der Waals surface area (Å²) in [5.74, 6) is 0.524. The van der Waals surface area contributed by atoms with E-state index in [1.54, 1.807) is 17.0 Å². The first-order valence-corrected chi connectivity index (χ1v) is 8.99. The van der Waals surface area contributed by atoms with Crippen LogP contribution in [0.25, 0.3) is 0 Å². The van der Waals surface area contributed by atoms with Gasteiger partial charge in [0.1, 0.15) is 5.75 Å². The van der Waals surface area contributed by atoms with Crippen molar-refractivity contribution >= 4 is 28.9 Å². The zero-order chi connectivity index (χ0) is 19.8. The Morgan fingerprint density at radius 1 is 0.963 bits per heavy atom. The largest absolute Gasteiger partial charge is 0.494 e. The lowest BCUT2D eigenvalue weighted by molar-refractivity contribution is -0.117. The molecule has 0 aliphatic rings. The van der Waals surface area contributed by atoms with E-state index in [9.17, 15) is 9.59 Å². The van der Waals surface area contributed by atoms with E-state index in [0.717, 1.165) is 17.1 Å². The molecule has 2 amide bonds. The van der Waals surface area contributed by atoms with Crippen molar-refractivity contribution in [2.45, 2.75) is 20.3 Å². The van der Waals surface area contributed by atoms with Gasteiger partial charge in [-0.1, -0.05) is 0 Å². The van der Waals surface area contributed by atoms with E-state index in [1.807, 2.05) is 62.3 Å². The summed E-state index contributed by atoms with van der Waals surface area (Å²) in [4.78, 5) is 27.8. The number of anilines is 3. The van der Waals surface area contributed by atoms with Crippen LogP contribution < -0.4 is 19.9 Å². The molecule has 1 N–H and O–H groups in total. The van der Waals surface area contributed by atoms with Gasteiger partial charge in [-0.25, -0.2) is 0 Å². The lowest BCUT2D eigenvalue weighted by atomic mass is 10.2. The monoisotopic (exact) mass is 369 g/mol. The van der Waals surface area contributed by atoms with Crippen molar-refractivity contribution < 1.29 is 14.3 Å². The second-order valence-electron chi connectivity index (χ2n) is 6.34. The number of amides is 2. The highest BCUT2D eigenvalue weighted by Gasteiger charge is 2.14. The van der Waals surface area contributed by atoms with Gasteiger partial charge in [-0.3, -0.25) is 9.59 Å². The van der Waals surface area contributed by atoms with E-state index in [1.165, 1.54) is 6.92 Å². The van der Waals surface area contributed by atoms with Gasteiger partial charge in [-0.05, 0) is 55.5 Å². The predicted molar refractivity (Wildman–Crippen MR) is 110 cm³/mol. The van der Waals surface area contributed by atoms with Gasteiger partial charge in [0, 0.05) is 51.0 Å². The Labute approximate surface area is 160 Å². The number of nitrogens with one attached hydrogen (secondary N) is 1. The van der Waals surface area contributed by atoms with Crippen LogP contribution in [0.4, 0.5) is 17.1 Å². The van der Waals surface area contributed by atoms with Gasteiger partial charge in [0.2, 0.25) is 11.8 Å². The van der Waals surface area contributed by atoms with Gasteiger partial charge in [0.05, 0.1) is 6.61 Å². The highest BCUT2D eigenvalue weighted by Crippen LogP contribution is 2.20. The Morgan fingerprint density at radius 3 is 2.07 bits per heavy atom. The molecule has 27 heavy (non-hydrogen) atoms. The van der Waals surface area contributed by atoms with Crippen LogP contribution in [-0.4, -0.2) is 39.1 Å². The van der Waals surface area contributed by atoms with E-state index >= 15 is 0 Å². The summed E-state index contributed by atoms with van der Waals surface area (Å²) in [7, 11) is 3.92. The molecule has 6 heteroatoms. The van der Waals surface area contributed by atoms with E-state index in [4.69, 9.17) is 4.74 Å². The first-order valence-electron chi connectivity index (χ1n) is 8.99. The van der Waals surface area contributed by atoms with Gasteiger partial charge in [-0.2, -0.15) is 0 Å². The number of carbonyl (C=O) groups excluding carboxylic acids is 2. The number of rotatable bonds is 8. The Bertz CT molecular complexity index is 755. The molecule has 6 nitrogen and oxygen atoms in total. The molecule has 2 aromatic carbocycles. The molecule has 2 rings (SSSR count). The lowest BCUT2D eigenvalue weighted by Crippen LogP contribution is -2.32. The van der Waals surface area contributed by atoms with Gasteiger partial charge in [-0.15, -0.1) is 0 Å². The molecule has 0 unspecified atom stereocenters. The molecule has 144 valence electrons. The van der Waals surface area contributed by atoms with Crippen LogP contribution >= 0.6 is 0 Å². The molecule has 0 saturated heterocycles. The maximum absolute atomic E-state index is 12.2. The molecule has 0 spiro atoms. The summed E-state index contributed by atoms with van der Waals surface area (Å²) in [6, 6.07) is 14.9. The summed E-state index contributed by atoms with van der Waals surface area (Å²) in [6.45, 7) is 4.34. The predicted octanol–water partition coefficient (Wildman–Crippen LogP) is 3.53. The van der Waals surface area contributed by atoms with Crippen molar-refractivity contribution in [3.05, 3.63) is 48.5 Å². The highest BCUT2D eigenvalue weighted by molar-refractivity contribution is 5.94. The smallest absolute Gasteiger partial charge is 0.226 e. The Morgan fingerprint density at radius 2 is 1.56 bits per heavy atom. The van der Waals surface area contributed by atoms with Crippen LogP contribution in [0.3, 0.4) is 0 Å². The molecule has 0 saturated carbocycles. The number of carbonyl (C=O) groups is 2. The van der Waals surface area contributed by atoms with Crippen LogP contribution in [0.5, 0.6) is 5.75 Å². The number of benzene rings is 2. The minimum Gasteiger partial charge on any atom is -0.494 e. The molecule has 0 atom stereocenters. The molecule has 0 radical (unpaired) electrons. The van der Waals surface area contributed by atoms with Gasteiger partial charge < -0.3 is 19.9 Å². The second-order valence-corrected chi connectivity index (χ2v) is 6.34. The standard InChI is InChI=1S/C21H27N3O3/c1-5-27-20-12-6-17(7-13-20)22-21(26)14-15-24(16(2)25)19-10-8-18(9-11-19)23(3)4/h6-13H,5,14-15H2,1-4H3,(H,22,26). The highest BCUT2D eigenvalue weighted by atomic mass is 16.5. The van der Waals surface area contributed by atoms with Crippen molar-refractivity contribution in [1.82, 2.24) is 0 Å². The van der Waals surface area contributed by atoms with E-state index in [2.05, 4.69) is 5.32 Å². The minimum atomic E-state index is -0.143. The zero-order valence-electron chi connectivity index (χ0n) is 16.4. The van der Waals surface area contributed by atoms with Crippen molar-refractivity contribution in [2.75, 3.05) is 42.4 Å². The third-order valence-corrected chi connectivity index (χ3v) is 4.07. The van der Waals surface area contributed by atoms with Crippen molar-refractivity contribution in [2.24, 2.45) is 0 Å². The molecular weight excluding hydrogens is 342 g/mol. The summed E-state index contributed by atoms with van der Waals surface area (Å²) in [6.07, 6.45) is 0.211. The van der Waals surface area contributed by atoms with Crippen LogP contribution in [-0.2, 0) is 9.59 Å². The van der Waals surface area contributed by atoms with Crippen molar-refractivity contribution in [1.29, 1.82) is 0 Å². The number of ether oxygens (including phenoxy) is 1. The molecule has 0 fully saturated rings. The number of hydrogen-bond donors (Lipinski definition) is 1.